The Kier molecular flexibility index (Phi) is 2.43. The maximum absolute atomic E-state index is 14.2. The van der Waals surface area contributed by atoms with Gasteiger partial charge in [0, 0.05) is 7.05 Å². The fraction of sp³-hybridized carbons (Fsp3) is 0.368. The Morgan fingerprint density at radius 2 is 2.00 bits per heavy atom. The van der Waals surface area contributed by atoms with Crippen LogP contribution >= 0.6 is 0 Å². The minimum Gasteiger partial charge on any atom is -0.391 e. The lowest BCUT2D eigenvalue weighted by Crippen LogP contribution is -2.46. The Bertz CT molecular complexity index is 1200. The second kappa shape index (κ2) is 4.32. The molecule has 4 atom stereocenters. The number of fused-ring (bicyclic) bond motifs is 4. The Morgan fingerprint density at radius 3 is 2.67 bits per heavy atom. The van der Waals surface area contributed by atoms with E-state index in [1.165, 1.54) is 22.9 Å². The molecule has 0 spiro atoms. The van der Waals surface area contributed by atoms with Gasteiger partial charge in [0.15, 0.2) is 0 Å². The standard InChI is InChI=1S/C19H14F2N4O2/c1-18-9-7-19(18,16-24-25(2)17(26)27-16)15-8(14(9)18)6-12(22-23-15)13-10(20)4-3-5-11(13)21/h3-6,9,14H,7H2,1-2H3. The van der Waals surface area contributed by atoms with Gasteiger partial charge < -0.3 is 4.42 Å². The summed E-state index contributed by atoms with van der Waals surface area (Å²) in [7, 11) is 1.54. The SMILES string of the molecule is Cn1nc(C23CC4C(c5cc(-c6c(F)cccc6F)nnc52)C43C)oc1=O. The van der Waals surface area contributed by atoms with Gasteiger partial charge >= 0.3 is 5.76 Å². The molecule has 27 heavy (non-hydrogen) atoms. The zero-order valence-electron chi connectivity index (χ0n) is 14.5. The number of aromatic nitrogens is 4. The molecule has 3 aliphatic carbocycles. The largest absolute Gasteiger partial charge is 0.436 e. The zero-order valence-corrected chi connectivity index (χ0v) is 14.5. The van der Waals surface area contributed by atoms with Gasteiger partial charge in [-0.05, 0) is 47.4 Å². The van der Waals surface area contributed by atoms with Crippen molar-refractivity contribution in [1.29, 1.82) is 0 Å². The van der Waals surface area contributed by atoms with Crippen LogP contribution in [0.3, 0.4) is 0 Å². The number of halogens is 2. The molecule has 0 aliphatic heterocycles. The van der Waals surface area contributed by atoms with E-state index in [1.54, 1.807) is 13.1 Å². The molecule has 2 saturated carbocycles. The predicted octanol–water partition coefficient (Wildman–Crippen LogP) is 2.53. The molecule has 1 aromatic carbocycles. The van der Waals surface area contributed by atoms with Crippen molar-refractivity contribution in [3.8, 4) is 11.3 Å². The van der Waals surface area contributed by atoms with Crippen molar-refractivity contribution >= 4 is 0 Å². The molecule has 6 rings (SSSR count). The summed E-state index contributed by atoms with van der Waals surface area (Å²) in [5.41, 5.74) is 0.916. The highest BCUT2D eigenvalue weighted by atomic mass is 19.1. The topological polar surface area (TPSA) is 73.8 Å². The average Bonchev–Trinajstić information content (AvgIpc) is 2.87. The molecule has 8 heteroatoms. The van der Waals surface area contributed by atoms with Crippen LogP contribution in [0.25, 0.3) is 11.3 Å². The smallest absolute Gasteiger partial charge is 0.391 e. The minimum absolute atomic E-state index is 0.138. The molecule has 2 fully saturated rings. The van der Waals surface area contributed by atoms with Gasteiger partial charge in [-0.15, -0.1) is 10.2 Å². The minimum atomic E-state index is -0.670. The van der Waals surface area contributed by atoms with E-state index in [0.29, 0.717) is 17.5 Å². The highest BCUT2D eigenvalue weighted by molar-refractivity contribution is 5.67. The molecule has 0 N–H and O–H groups in total. The number of nitrogens with zero attached hydrogens (tertiary/aromatic N) is 4. The van der Waals surface area contributed by atoms with Crippen LogP contribution in [0.15, 0.2) is 33.5 Å². The molecule has 4 unspecified atom stereocenters. The van der Waals surface area contributed by atoms with Gasteiger partial charge in [0.1, 0.15) is 11.6 Å². The summed E-state index contributed by atoms with van der Waals surface area (Å²) in [5.74, 6) is -0.860. The summed E-state index contributed by atoms with van der Waals surface area (Å²) in [6.07, 6.45) is 0.795. The number of hydrogen-bond donors (Lipinski definition) is 0. The zero-order chi connectivity index (χ0) is 18.7. The van der Waals surface area contributed by atoms with Gasteiger partial charge in [-0.2, -0.15) is 9.78 Å². The summed E-state index contributed by atoms with van der Waals surface area (Å²) < 4.78 is 34.9. The Labute approximate surface area is 151 Å². The second-order valence-electron chi connectivity index (χ2n) is 7.90. The highest BCUT2D eigenvalue weighted by Crippen LogP contribution is 2.90. The second-order valence-corrected chi connectivity index (χ2v) is 7.90. The summed E-state index contributed by atoms with van der Waals surface area (Å²) in [5, 5.41) is 12.8. The molecular formula is C19H14F2N4O2. The lowest BCUT2D eigenvalue weighted by atomic mass is 9.59. The molecule has 0 bridgehead atoms. The van der Waals surface area contributed by atoms with Crippen molar-refractivity contribution < 1.29 is 13.2 Å². The monoisotopic (exact) mass is 368 g/mol. The quantitative estimate of drug-likeness (QED) is 0.695. The molecule has 3 aliphatic rings. The molecule has 0 radical (unpaired) electrons. The van der Waals surface area contributed by atoms with Crippen molar-refractivity contribution in [1.82, 2.24) is 20.0 Å². The number of rotatable bonds is 2. The first-order valence-corrected chi connectivity index (χ1v) is 8.76. The number of aryl methyl sites for hydroxylation is 1. The van der Waals surface area contributed by atoms with E-state index >= 15 is 0 Å². The van der Waals surface area contributed by atoms with Gasteiger partial charge in [0.05, 0.1) is 22.4 Å². The van der Waals surface area contributed by atoms with E-state index in [-0.39, 0.29) is 22.6 Å². The molecule has 2 heterocycles. The fourth-order valence-electron chi connectivity index (χ4n) is 5.60. The first-order chi connectivity index (χ1) is 12.9. The summed E-state index contributed by atoms with van der Waals surface area (Å²) in [6.45, 7) is 2.13. The Balaban J connectivity index is 1.56. The predicted molar refractivity (Wildman–Crippen MR) is 88.9 cm³/mol. The van der Waals surface area contributed by atoms with Gasteiger partial charge in [-0.1, -0.05) is 13.0 Å². The van der Waals surface area contributed by atoms with Crippen molar-refractivity contribution in [3.05, 3.63) is 63.6 Å². The highest BCUT2D eigenvalue weighted by Gasteiger charge is 2.88. The maximum Gasteiger partial charge on any atom is 0.436 e. The third-order valence-electron chi connectivity index (χ3n) is 6.99. The normalized spacial score (nSPS) is 32.0. The molecule has 2 aromatic heterocycles. The molecule has 136 valence electrons. The van der Waals surface area contributed by atoms with E-state index in [4.69, 9.17) is 4.42 Å². The van der Waals surface area contributed by atoms with E-state index in [2.05, 4.69) is 22.2 Å². The van der Waals surface area contributed by atoms with Gasteiger partial charge in [-0.3, -0.25) is 0 Å². The van der Waals surface area contributed by atoms with Crippen LogP contribution < -0.4 is 5.76 Å². The van der Waals surface area contributed by atoms with Crippen molar-refractivity contribution in [3.63, 3.8) is 0 Å². The van der Waals surface area contributed by atoms with Crippen LogP contribution in [0.5, 0.6) is 0 Å². The third kappa shape index (κ3) is 1.45. The van der Waals surface area contributed by atoms with Crippen LogP contribution in [-0.4, -0.2) is 20.0 Å². The van der Waals surface area contributed by atoms with Gasteiger partial charge in [-0.25, -0.2) is 13.6 Å². The van der Waals surface area contributed by atoms with Gasteiger partial charge in [0.2, 0.25) is 5.89 Å². The van der Waals surface area contributed by atoms with Crippen LogP contribution in [0, 0.1) is 23.0 Å². The van der Waals surface area contributed by atoms with Crippen molar-refractivity contribution in [2.24, 2.45) is 18.4 Å². The molecular weight excluding hydrogens is 354 g/mol. The first kappa shape index (κ1) is 15.2. The lowest BCUT2D eigenvalue weighted by Gasteiger charge is -2.43. The maximum atomic E-state index is 14.2. The number of benzene rings is 1. The number of hydrogen-bond acceptors (Lipinski definition) is 5. The molecule has 0 amide bonds. The van der Waals surface area contributed by atoms with Crippen LogP contribution in [0.4, 0.5) is 8.78 Å². The summed E-state index contributed by atoms with van der Waals surface area (Å²) >= 11 is 0. The van der Waals surface area contributed by atoms with Crippen LogP contribution in [0.1, 0.15) is 36.4 Å². The summed E-state index contributed by atoms with van der Waals surface area (Å²) in [4.78, 5) is 11.8. The molecule has 0 saturated heterocycles. The summed E-state index contributed by atoms with van der Waals surface area (Å²) in [6, 6.07) is 5.46. The first-order valence-electron chi connectivity index (χ1n) is 8.76. The van der Waals surface area contributed by atoms with E-state index < -0.39 is 22.8 Å². The lowest BCUT2D eigenvalue weighted by molar-refractivity contribution is 0.126. The molecule has 6 nitrogen and oxygen atoms in total. The van der Waals surface area contributed by atoms with E-state index in [9.17, 15) is 13.6 Å². The van der Waals surface area contributed by atoms with E-state index in [0.717, 1.165) is 12.0 Å². The van der Waals surface area contributed by atoms with Crippen molar-refractivity contribution in [2.75, 3.05) is 0 Å². The van der Waals surface area contributed by atoms with Crippen LogP contribution in [-0.2, 0) is 12.5 Å². The van der Waals surface area contributed by atoms with Crippen LogP contribution in [0.2, 0.25) is 0 Å². The average molecular weight is 368 g/mol. The fourth-order valence-corrected chi connectivity index (χ4v) is 5.60. The third-order valence-corrected chi connectivity index (χ3v) is 6.99. The Morgan fingerprint density at radius 1 is 1.26 bits per heavy atom. The molecule has 3 aromatic rings. The Hall–Kier alpha value is -2.90. The van der Waals surface area contributed by atoms with Gasteiger partial charge in [0.25, 0.3) is 0 Å². The van der Waals surface area contributed by atoms with E-state index in [1.807, 2.05) is 0 Å². The van der Waals surface area contributed by atoms with Crippen molar-refractivity contribution in [2.45, 2.75) is 24.7 Å².